The lowest BCUT2D eigenvalue weighted by Gasteiger charge is -2.25. The Kier molecular flexibility index (Phi) is 4.84. The summed E-state index contributed by atoms with van der Waals surface area (Å²) in [5.41, 5.74) is 10.9. The van der Waals surface area contributed by atoms with Gasteiger partial charge in [-0.15, -0.1) is 0 Å². The van der Waals surface area contributed by atoms with Crippen LogP contribution in [0.3, 0.4) is 0 Å². The van der Waals surface area contributed by atoms with Crippen LogP contribution in [0.2, 0.25) is 0 Å². The van der Waals surface area contributed by atoms with Crippen molar-refractivity contribution in [1.82, 2.24) is 0 Å². The van der Waals surface area contributed by atoms with Gasteiger partial charge in [0.25, 0.3) is 0 Å². The van der Waals surface area contributed by atoms with E-state index in [1.165, 1.54) is 22.5 Å². The zero-order chi connectivity index (χ0) is 14.7. The first-order chi connectivity index (χ1) is 9.49. The highest BCUT2D eigenvalue weighted by Gasteiger charge is 2.12. The first kappa shape index (κ1) is 15.1. The highest BCUT2D eigenvalue weighted by atomic mass is 79.9. The average Bonchev–Trinajstić information content (AvgIpc) is 2.38. The van der Waals surface area contributed by atoms with Gasteiger partial charge in [-0.2, -0.15) is 0 Å². The van der Waals surface area contributed by atoms with Crippen LogP contribution in [-0.4, -0.2) is 13.1 Å². The Morgan fingerprint density at radius 1 is 1.15 bits per heavy atom. The van der Waals surface area contributed by atoms with Crippen molar-refractivity contribution in [2.45, 2.75) is 26.3 Å². The van der Waals surface area contributed by atoms with Crippen LogP contribution in [0.25, 0.3) is 0 Å². The van der Waals surface area contributed by atoms with Crippen molar-refractivity contribution in [2.75, 3.05) is 11.9 Å². The number of nitrogens with two attached hydrogens (primary N) is 1. The molecule has 0 aromatic heterocycles. The Bertz CT molecular complexity index is 593. The largest absolute Gasteiger partial charge is 0.344 e. The SMILES string of the molecule is Cc1ccccc1N(C)c1ccc(Br)cc1CC(C)N. The van der Waals surface area contributed by atoms with E-state index >= 15 is 0 Å². The topological polar surface area (TPSA) is 29.3 Å². The molecule has 0 heterocycles. The molecule has 0 amide bonds. The number of rotatable bonds is 4. The van der Waals surface area contributed by atoms with Crippen LogP contribution in [-0.2, 0) is 6.42 Å². The molecule has 20 heavy (non-hydrogen) atoms. The summed E-state index contributed by atoms with van der Waals surface area (Å²) >= 11 is 3.55. The molecule has 2 aromatic carbocycles. The van der Waals surface area contributed by atoms with Gasteiger partial charge in [0, 0.05) is 28.9 Å². The highest BCUT2D eigenvalue weighted by molar-refractivity contribution is 9.10. The van der Waals surface area contributed by atoms with Crippen molar-refractivity contribution in [3.63, 3.8) is 0 Å². The number of aryl methyl sites for hydroxylation is 1. The molecule has 1 atom stereocenters. The number of hydrogen-bond acceptors (Lipinski definition) is 2. The summed E-state index contributed by atoms with van der Waals surface area (Å²) in [6, 6.07) is 15.0. The third kappa shape index (κ3) is 3.41. The van der Waals surface area contributed by atoms with E-state index in [1.54, 1.807) is 0 Å². The highest BCUT2D eigenvalue weighted by Crippen LogP contribution is 2.31. The summed E-state index contributed by atoms with van der Waals surface area (Å²) in [6.45, 7) is 4.17. The van der Waals surface area contributed by atoms with Crippen LogP contribution in [0.15, 0.2) is 46.9 Å². The Balaban J connectivity index is 2.44. The minimum atomic E-state index is 0.147. The smallest absolute Gasteiger partial charge is 0.0442 e. The Labute approximate surface area is 129 Å². The molecule has 2 nitrogen and oxygen atoms in total. The number of halogens is 1. The molecule has 0 aliphatic heterocycles. The molecule has 0 fully saturated rings. The predicted octanol–water partition coefficient (Wildman–Crippen LogP) is 4.42. The first-order valence-corrected chi connectivity index (χ1v) is 7.61. The molecular formula is C17H21BrN2. The van der Waals surface area contributed by atoms with Gasteiger partial charge in [0.1, 0.15) is 0 Å². The van der Waals surface area contributed by atoms with E-state index in [9.17, 15) is 0 Å². The summed E-state index contributed by atoms with van der Waals surface area (Å²) in [6.07, 6.45) is 0.866. The standard InChI is InChI=1S/C17H21BrN2/c1-12-6-4-5-7-16(12)20(3)17-9-8-15(18)11-14(17)10-13(2)19/h4-9,11,13H,10,19H2,1-3H3. The van der Waals surface area contributed by atoms with E-state index in [0.717, 1.165) is 10.9 Å². The van der Waals surface area contributed by atoms with Crippen LogP contribution < -0.4 is 10.6 Å². The Morgan fingerprint density at radius 3 is 2.50 bits per heavy atom. The fraction of sp³-hybridized carbons (Fsp3) is 0.294. The maximum atomic E-state index is 5.98. The van der Waals surface area contributed by atoms with Gasteiger partial charge in [-0.05, 0) is 55.7 Å². The molecule has 0 spiro atoms. The maximum absolute atomic E-state index is 5.98. The fourth-order valence-electron chi connectivity index (χ4n) is 2.46. The molecule has 106 valence electrons. The van der Waals surface area contributed by atoms with Crippen molar-refractivity contribution in [3.05, 3.63) is 58.1 Å². The summed E-state index contributed by atoms with van der Waals surface area (Å²) in [5.74, 6) is 0. The lowest BCUT2D eigenvalue weighted by atomic mass is 10.0. The molecule has 0 saturated carbocycles. The molecule has 2 rings (SSSR count). The second-order valence-electron chi connectivity index (χ2n) is 5.30. The molecule has 0 saturated heterocycles. The van der Waals surface area contributed by atoms with Crippen molar-refractivity contribution < 1.29 is 0 Å². The molecule has 0 radical (unpaired) electrons. The second-order valence-corrected chi connectivity index (χ2v) is 6.22. The van der Waals surface area contributed by atoms with Gasteiger partial charge in [0.2, 0.25) is 0 Å². The second kappa shape index (κ2) is 6.42. The van der Waals surface area contributed by atoms with E-state index in [-0.39, 0.29) is 6.04 Å². The summed E-state index contributed by atoms with van der Waals surface area (Å²) < 4.78 is 1.09. The molecule has 0 bridgehead atoms. The monoisotopic (exact) mass is 332 g/mol. The molecule has 3 heteroatoms. The lowest BCUT2D eigenvalue weighted by Crippen LogP contribution is -2.20. The summed E-state index contributed by atoms with van der Waals surface area (Å²) in [4.78, 5) is 2.24. The predicted molar refractivity (Wildman–Crippen MR) is 90.7 cm³/mol. The number of anilines is 2. The Hall–Kier alpha value is -1.32. The fourth-order valence-corrected chi connectivity index (χ4v) is 2.87. The van der Waals surface area contributed by atoms with Crippen molar-refractivity contribution in [1.29, 1.82) is 0 Å². The van der Waals surface area contributed by atoms with Crippen LogP contribution in [0, 0.1) is 6.92 Å². The minimum Gasteiger partial charge on any atom is -0.344 e. The molecule has 0 aliphatic rings. The molecule has 2 N–H and O–H groups in total. The van der Waals surface area contributed by atoms with Crippen LogP contribution in [0.4, 0.5) is 11.4 Å². The van der Waals surface area contributed by atoms with Gasteiger partial charge in [-0.25, -0.2) is 0 Å². The first-order valence-electron chi connectivity index (χ1n) is 6.82. The molecule has 2 aromatic rings. The average molecular weight is 333 g/mol. The number of benzene rings is 2. The lowest BCUT2D eigenvalue weighted by molar-refractivity contribution is 0.737. The van der Waals surface area contributed by atoms with Gasteiger partial charge in [-0.3, -0.25) is 0 Å². The zero-order valence-corrected chi connectivity index (χ0v) is 13.8. The number of para-hydroxylation sites is 1. The van der Waals surface area contributed by atoms with Crippen LogP contribution in [0.1, 0.15) is 18.1 Å². The van der Waals surface area contributed by atoms with Gasteiger partial charge in [0.15, 0.2) is 0 Å². The number of hydrogen-bond donors (Lipinski definition) is 1. The molecule has 0 aliphatic carbocycles. The number of nitrogens with zero attached hydrogens (tertiary/aromatic N) is 1. The minimum absolute atomic E-state index is 0.147. The molecule has 1 unspecified atom stereocenters. The van der Waals surface area contributed by atoms with Gasteiger partial charge >= 0.3 is 0 Å². The third-order valence-corrected chi connectivity index (χ3v) is 3.91. The normalized spacial score (nSPS) is 12.2. The summed E-state index contributed by atoms with van der Waals surface area (Å²) in [5, 5.41) is 0. The van der Waals surface area contributed by atoms with Crippen LogP contribution >= 0.6 is 15.9 Å². The van der Waals surface area contributed by atoms with E-state index in [2.05, 4.69) is 77.3 Å². The van der Waals surface area contributed by atoms with Crippen molar-refractivity contribution in [2.24, 2.45) is 5.73 Å². The third-order valence-electron chi connectivity index (χ3n) is 3.42. The van der Waals surface area contributed by atoms with E-state index < -0.39 is 0 Å². The maximum Gasteiger partial charge on any atom is 0.0442 e. The molecular weight excluding hydrogens is 312 g/mol. The van der Waals surface area contributed by atoms with Gasteiger partial charge in [-0.1, -0.05) is 34.1 Å². The van der Waals surface area contributed by atoms with Gasteiger partial charge < -0.3 is 10.6 Å². The summed E-state index contributed by atoms with van der Waals surface area (Å²) in [7, 11) is 2.11. The Morgan fingerprint density at radius 2 is 1.85 bits per heavy atom. The quantitative estimate of drug-likeness (QED) is 0.898. The van der Waals surface area contributed by atoms with Crippen molar-refractivity contribution >= 4 is 27.3 Å². The zero-order valence-electron chi connectivity index (χ0n) is 12.2. The van der Waals surface area contributed by atoms with Gasteiger partial charge in [0.05, 0.1) is 0 Å². The van der Waals surface area contributed by atoms with E-state index in [1.807, 2.05) is 6.92 Å². The van der Waals surface area contributed by atoms with Crippen LogP contribution in [0.5, 0.6) is 0 Å². The van der Waals surface area contributed by atoms with E-state index in [4.69, 9.17) is 5.73 Å². The van der Waals surface area contributed by atoms with E-state index in [0.29, 0.717) is 0 Å². The van der Waals surface area contributed by atoms with Crippen molar-refractivity contribution in [3.8, 4) is 0 Å².